The number of hydrogen-bond acceptors (Lipinski definition) is 3. The highest BCUT2D eigenvalue weighted by Gasteiger charge is 2.16. The molecule has 0 spiro atoms. The molecule has 1 aliphatic heterocycles. The molecule has 1 saturated heterocycles. The molecule has 0 aromatic heterocycles. The summed E-state index contributed by atoms with van der Waals surface area (Å²) in [4.78, 5) is 5.01. The molecule has 3 heteroatoms. The zero-order chi connectivity index (χ0) is 13.7. The Morgan fingerprint density at radius 3 is 2.16 bits per heavy atom. The number of likely N-dealkylation sites (N-methyl/N-ethyl adjacent to an activating group) is 1. The predicted octanol–water partition coefficient (Wildman–Crippen LogP) is 2.50. The zero-order valence-corrected chi connectivity index (χ0v) is 12.5. The number of rotatable bonds is 5. The normalized spacial score (nSPS) is 18.6. The molecule has 19 heavy (non-hydrogen) atoms. The molecular weight excluding hydrogens is 234 g/mol. The molecule has 3 nitrogen and oxygen atoms in total. The van der Waals surface area contributed by atoms with Gasteiger partial charge in [0.25, 0.3) is 0 Å². The first-order chi connectivity index (χ1) is 9.28. The molecular formula is C16H27N3. The van der Waals surface area contributed by atoms with Crippen LogP contribution < -0.4 is 10.2 Å². The van der Waals surface area contributed by atoms with Gasteiger partial charge in [-0.1, -0.05) is 26.0 Å². The molecule has 1 fully saturated rings. The summed E-state index contributed by atoms with van der Waals surface area (Å²) in [6.45, 7) is 10.3. The maximum absolute atomic E-state index is 3.36. The lowest BCUT2D eigenvalue weighted by molar-refractivity contribution is 0.271. The monoisotopic (exact) mass is 261 g/mol. The van der Waals surface area contributed by atoms with E-state index in [0.717, 1.165) is 19.5 Å². The van der Waals surface area contributed by atoms with Crippen LogP contribution in [-0.2, 0) is 0 Å². The van der Waals surface area contributed by atoms with E-state index in [9.17, 15) is 0 Å². The van der Waals surface area contributed by atoms with Crippen molar-refractivity contribution in [3.8, 4) is 0 Å². The van der Waals surface area contributed by atoms with Gasteiger partial charge in [-0.25, -0.2) is 0 Å². The van der Waals surface area contributed by atoms with Gasteiger partial charge in [0, 0.05) is 37.9 Å². The summed E-state index contributed by atoms with van der Waals surface area (Å²) in [6, 6.07) is 9.57. The molecule has 0 saturated carbocycles. The Hall–Kier alpha value is -1.06. The maximum Gasteiger partial charge on any atom is 0.0367 e. The highest BCUT2D eigenvalue weighted by Crippen LogP contribution is 2.21. The number of benzene rings is 1. The van der Waals surface area contributed by atoms with Crippen molar-refractivity contribution in [2.24, 2.45) is 0 Å². The van der Waals surface area contributed by atoms with Crippen LogP contribution in [0.4, 0.5) is 5.69 Å². The van der Waals surface area contributed by atoms with Crippen molar-refractivity contribution in [1.82, 2.24) is 10.2 Å². The average molecular weight is 261 g/mol. The number of anilines is 1. The molecule has 1 aliphatic rings. The molecule has 1 aromatic carbocycles. The fourth-order valence-electron chi connectivity index (χ4n) is 2.85. The van der Waals surface area contributed by atoms with Gasteiger partial charge in [0.05, 0.1) is 0 Å². The minimum absolute atomic E-state index is 0.478. The summed E-state index contributed by atoms with van der Waals surface area (Å²) < 4.78 is 0. The first kappa shape index (κ1) is 14.4. The molecule has 0 amide bonds. The van der Waals surface area contributed by atoms with Crippen LogP contribution in [0.2, 0.25) is 0 Å². The van der Waals surface area contributed by atoms with Crippen LogP contribution in [-0.4, -0.2) is 44.7 Å². The van der Waals surface area contributed by atoms with E-state index in [2.05, 4.69) is 53.2 Å². The quantitative estimate of drug-likeness (QED) is 0.878. The van der Waals surface area contributed by atoms with E-state index in [4.69, 9.17) is 0 Å². The van der Waals surface area contributed by atoms with Gasteiger partial charge in [0.2, 0.25) is 0 Å². The summed E-state index contributed by atoms with van der Waals surface area (Å²) >= 11 is 0. The van der Waals surface area contributed by atoms with Crippen LogP contribution in [0.15, 0.2) is 24.3 Å². The number of nitrogens with zero attached hydrogens (tertiary/aromatic N) is 2. The molecule has 2 rings (SSSR count). The fraction of sp³-hybridized carbons (Fsp3) is 0.625. The largest absolute Gasteiger partial charge is 0.369 e. The summed E-state index contributed by atoms with van der Waals surface area (Å²) in [5.74, 6) is 0. The van der Waals surface area contributed by atoms with Gasteiger partial charge in [-0.2, -0.15) is 0 Å². The van der Waals surface area contributed by atoms with Crippen LogP contribution >= 0.6 is 0 Å². The van der Waals surface area contributed by atoms with Gasteiger partial charge in [-0.3, -0.25) is 0 Å². The number of piperazine rings is 1. The van der Waals surface area contributed by atoms with Crippen molar-refractivity contribution in [2.45, 2.75) is 26.3 Å². The molecule has 0 bridgehead atoms. The topological polar surface area (TPSA) is 18.5 Å². The molecule has 0 radical (unpaired) electrons. The molecule has 1 N–H and O–H groups in total. The Morgan fingerprint density at radius 1 is 1.05 bits per heavy atom. The van der Waals surface area contributed by atoms with Gasteiger partial charge in [-0.05, 0) is 37.7 Å². The van der Waals surface area contributed by atoms with E-state index in [1.54, 1.807) is 0 Å². The van der Waals surface area contributed by atoms with Crippen LogP contribution in [0.25, 0.3) is 0 Å². The Labute approximate surface area is 117 Å². The van der Waals surface area contributed by atoms with E-state index >= 15 is 0 Å². The Kier molecular flexibility index (Phi) is 5.23. The maximum atomic E-state index is 3.36. The van der Waals surface area contributed by atoms with E-state index in [1.165, 1.54) is 30.9 Å². The summed E-state index contributed by atoms with van der Waals surface area (Å²) in [7, 11) is 2.03. The molecule has 1 atom stereocenters. The second kappa shape index (κ2) is 6.92. The van der Waals surface area contributed by atoms with Crippen molar-refractivity contribution < 1.29 is 0 Å². The van der Waals surface area contributed by atoms with Crippen LogP contribution in [0, 0.1) is 0 Å². The lowest BCUT2D eigenvalue weighted by Gasteiger charge is -2.35. The van der Waals surface area contributed by atoms with E-state index in [-0.39, 0.29) is 0 Å². The van der Waals surface area contributed by atoms with Crippen molar-refractivity contribution in [2.75, 3.05) is 44.7 Å². The van der Waals surface area contributed by atoms with Gasteiger partial charge < -0.3 is 15.1 Å². The lowest BCUT2D eigenvalue weighted by atomic mass is 10.0. The van der Waals surface area contributed by atoms with Gasteiger partial charge >= 0.3 is 0 Å². The van der Waals surface area contributed by atoms with Crippen molar-refractivity contribution in [1.29, 1.82) is 0 Å². The first-order valence-corrected chi connectivity index (χ1v) is 7.53. The Morgan fingerprint density at radius 2 is 1.68 bits per heavy atom. The van der Waals surface area contributed by atoms with Gasteiger partial charge in [0.1, 0.15) is 0 Å². The molecule has 1 heterocycles. The SMILES string of the molecule is CCC(NC)c1ccc(N2CCN(CC)CC2)cc1. The smallest absolute Gasteiger partial charge is 0.0367 e. The predicted molar refractivity (Wildman–Crippen MR) is 82.9 cm³/mol. The van der Waals surface area contributed by atoms with Crippen LogP contribution in [0.5, 0.6) is 0 Å². The summed E-state index contributed by atoms with van der Waals surface area (Å²) in [5.41, 5.74) is 2.76. The third-order valence-corrected chi connectivity index (χ3v) is 4.24. The summed E-state index contributed by atoms with van der Waals surface area (Å²) in [5, 5.41) is 3.36. The highest BCUT2D eigenvalue weighted by molar-refractivity contribution is 5.48. The minimum Gasteiger partial charge on any atom is -0.369 e. The molecule has 1 unspecified atom stereocenters. The molecule has 0 aliphatic carbocycles. The Balaban J connectivity index is 1.99. The minimum atomic E-state index is 0.478. The number of hydrogen-bond donors (Lipinski definition) is 1. The van der Waals surface area contributed by atoms with Crippen molar-refractivity contribution >= 4 is 5.69 Å². The van der Waals surface area contributed by atoms with E-state index in [1.807, 2.05) is 7.05 Å². The van der Waals surface area contributed by atoms with Crippen LogP contribution in [0.1, 0.15) is 31.9 Å². The molecule has 1 aromatic rings. The third-order valence-electron chi connectivity index (χ3n) is 4.24. The van der Waals surface area contributed by atoms with E-state index < -0.39 is 0 Å². The second-order valence-electron chi connectivity index (χ2n) is 5.26. The third kappa shape index (κ3) is 3.48. The highest BCUT2D eigenvalue weighted by atomic mass is 15.3. The van der Waals surface area contributed by atoms with Crippen LogP contribution in [0.3, 0.4) is 0 Å². The van der Waals surface area contributed by atoms with Crippen molar-refractivity contribution in [3.63, 3.8) is 0 Å². The lowest BCUT2D eigenvalue weighted by Crippen LogP contribution is -2.46. The fourth-order valence-corrected chi connectivity index (χ4v) is 2.85. The van der Waals surface area contributed by atoms with Crippen molar-refractivity contribution in [3.05, 3.63) is 29.8 Å². The van der Waals surface area contributed by atoms with Gasteiger partial charge in [-0.15, -0.1) is 0 Å². The molecule has 106 valence electrons. The Bertz CT molecular complexity index is 362. The standard InChI is InChI=1S/C16H27N3/c1-4-16(17-3)14-6-8-15(9-7-14)19-12-10-18(5-2)11-13-19/h6-9,16-17H,4-5,10-13H2,1-3H3. The average Bonchev–Trinajstić information content (AvgIpc) is 2.49. The summed E-state index contributed by atoms with van der Waals surface area (Å²) in [6.07, 6.45) is 1.13. The van der Waals surface area contributed by atoms with E-state index in [0.29, 0.717) is 6.04 Å². The van der Waals surface area contributed by atoms with Gasteiger partial charge in [0.15, 0.2) is 0 Å². The number of nitrogens with one attached hydrogen (secondary N) is 1. The zero-order valence-electron chi connectivity index (χ0n) is 12.5. The second-order valence-corrected chi connectivity index (χ2v) is 5.26. The first-order valence-electron chi connectivity index (χ1n) is 7.53.